The summed E-state index contributed by atoms with van der Waals surface area (Å²) in [6, 6.07) is 20.2. The lowest BCUT2D eigenvalue weighted by molar-refractivity contribution is 0.114. The van der Waals surface area contributed by atoms with E-state index < -0.39 is 28.3 Å². The van der Waals surface area contributed by atoms with Gasteiger partial charge in [0.1, 0.15) is 5.84 Å². The number of methoxy groups -OCH3 is 1. The molecule has 41 heavy (non-hydrogen) atoms. The maximum Gasteiger partial charge on any atom is 0.412 e. The van der Waals surface area contributed by atoms with Gasteiger partial charge in [-0.2, -0.15) is 0 Å². The molecule has 0 radical (unpaired) electrons. The van der Waals surface area contributed by atoms with Gasteiger partial charge in [-0.3, -0.25) is 10.7 Å². The van der Waals surface area contributed by atoms with Crippen LogP contribution in [0, 0.1) is 11.3 Å². The van der Waals surface area contributed by atoms with E-state index in [9.17, 15) is 18.0 Å². The Morgan fingerprint density at radius 3 is 2.34 bits per heavy atom. The van der Waals surface area contributed by atoms with Crippen LogP contribution in [-0.4, -0.2) is 40.1 Å². The Bertz CT molecular complexity index is 1500. The zero-order valence-electron chi connectivity index (χ0n) is 22.8. The highest BCUT2D eigenvalue weighted by molar-refractivity contribution is 7.89. The summed E-state index contributed by atoms with van der Waals surface area (Å²) in [6.45, 7) is 0.530. The SMILES string of the molecule is COC(=O)NC(=N)c1cccc(C(OC(=O)NCC2CCCCC2)c2ccc(-c3ccccc3S(N)(=O)=O)cc2)c1. The number of nitrogens with two attached hydrogens (primary N) is 1. The molecule has 0 spiro atoms. The highest BCUT2D eigenvalue weighted by Crippen LogP contribution is 2.32. The average Bonchev–Trinajstić information content (AvgIpc) is 2.99. The number of carbonyl (C=O) groups is 2. The summed E-state index contributed by atoms with van der Waals surface area (Å²) < 4.78 is 34.7. The van der Waals surface area contributed by atoms with Crippen LogP contribution in [0.4, 0.5) is 9.59 Å². The predicted octanol–water partition coefficient (Wildman–Crippen LogP) is 5.08. The summed E-state index contributed by atoms with van der Waals surface area (Å²) in [6.07, 6.45) is 3.48. The van der Waals surface area contributed by atoms with Gasteiger partial charge in [0, 0.05) is 17.7 Å². The number of benzene rings is 3. The van der Waals surface area contributed by atoms with E-state index in [0.717, 1.165) is 25.7 Å². The number of nitrogens with one attached hydrogen (secondary N) is 3. The van der Waals surface area contributed by atoms with E-state index in [0.29, 0.717) is 40.3 Å². The number of primary sulfonamides is 1. The van der Waals surface area contributed by atoms with Crippen molar-refractivity contribution in [2.24, 2.45) is 11.1 Å². The number of ether oxygens (including phenoxy) is 2. The van der Waals surface area contributed by atoms with E-state index in [-0.39, 0.29) is 10.7 Å². The highest BCUT2D eigenvalue weighted by atomic mass is 32.2. The molecule has 216 valence electrons. The number of amides is 2. The van der Waals surface area contributed by atoms with Gasteiger partial charge in [-0.05, 0) is 47.6 Å². The Kier molecular flexibility index (Phi) is 9.74. The Morgan fingerprint density at radius 2 is 1.66 bits per heavy atom. The Morgan fingerprint density at radius 1 is 0.951 bits per heavy atom. The maximum atomic E-state index is 13.0. The first-order valence-corrected chi connectivity index (χ1v) is 14.9. The highest BCUT2D eigenvalue weighted by Gasteiger charge is 2.23. The summed E-state index contributed by atoms with van der Waals surface area (Å²) in [5.41, 5.74) is 2.66. The Hall–Kier alpha value is -4.22. The van der Waals surface area contributed by atoms with Crippen LogP contribution in [0.1, 0.15) is 54.9 Å². The van der Waals surface area contributed by atoms with Crippen molar-refractivity contribution in [2.45, 2.75) is 43.1 Å². The molecular weight excluding hydrogens is 544 g/mol. The minimum Gasteiger partial charge on any atom is -0.453 e. The molecule has 11 heteroatoms. The summed E-state index contributed by atoms with van der Waals surface area (Å²) in [5, 5.41) is 18.9. The zero-order chi connectivity index (χ0) is 29.4. The standard InChI is InChI=1S/C30H34N4O6S/c1-39-30(36)34-28(31)24-11-7-10-23(18-24)27(40-29(35)33-19-20-8-3-2-4-9-20)22-16-14-21(15-17-22)25-12-5-6-13-26(25)41(32,37)38/h5-7,10-18,20,27H,2-4,8-9,19H2,1H3,(H,33,35)(H2,31,34,36)(H2,32,37,38). The van der Waals surface area contributed by atoms with Crippen molar-refractivity contribution in [3.8, 4) is 11.1 Å². The van der Waals surface area contributed by atoms with E-state index in [1.165, 1.54) is 19.6 Å². The number of amidine groups is 1. The quantitative estimate of drug-likeness (QED) is 0.215. The van der Waals surface area contributed by atoms with Gasteiger partial charge in [0.15, 0.2) is 6.10 Å². The first-order valence-electron chi connectivity index (χ1n) is 13.4. The molecule has 0 aliphatic heterocycles. The van der Waals surface area contributed by atoms with Crippen molar-refractivity contribution in [3.05, 3.63) is 89.5 Å². The molecule has 3 aromatic carbocycles. The first-order chi connectivity index (χ1) is 19.7. The second kappa shape index (κ2) is 13.4. The molecule has 0 saturated heterocycles. The van der Waals surface area contributed by atoms with Crippen LogP contribution >= 0.6 is 0 Å². The average molecular weight is 579 g/mol. The fraction of sp³-hybridized carbons (Fsp3) is 0.300. The molecule has 10 nitrogen and oxygen atoms in total. The van der Waals surface area contributed by atoms with Crippen molar-refractivity contribution in [1.29, 1.82) is 5.41 Å². The number of carbonyl (C=O) groups excluding carboxylic acids is 2. The van der Waals surface area contributed by atoms with Crippen LogP contribution in [0.15, 0.2) is 77.7 Å². The molecule has 0 heterocycles. The number of sulfonamides is 1. The van der Waals surface area contributed by atoms with Crippen molar-refractivity contribution < 1.29 is 27.5 Å². The number of rotatable bonds is 8. The molecule has 5 N–H and O–H groups in total. The van der Waals surface area contributed by atoms with Crippen LogP contribution in [0.5, 0.6) is 0 Å². The smallest absolute Gasteiger partial charge is 0.412 e. The monoisotopic (exact) mass is 578 g/mol. The third-order valence-electron chi connectivity index (χ3n) is 7.09. The number of hydrogen-bond acceptors (Lipinski definition) is 7. The maximum absolute atomic E-state index is 13.0. The van der Waals surface area contributed by atoms with E-state index in [2.05, 4.69) is 15.4 Å². The van der Waals surface area contributed by atoms with Crippen LogP contribution in [0.3, 0.4) is 0 Å². The normalized spacial score (nSPS) is 14.5. The van der Waals surface area contributed by atoms with Gasteiger partial charge in [-0.1, -0.05) is 79.9 Å². The molecule has 2 amide bonds. The lowest BCUT2D eigenvalue weighted by atomic mass is 9.89. The zero-order valence-corrected chi connectivity index (χ0v) is 23.6. The van der Waals surface area contributed by atoms with Crippen LogP contribution in [0.2, 0.25) is 0 Å². The lowest BCUT2D eigenvalue weighted by Gasteiger charge is -2.24. The summed E-state index contributed by atoms with van der Waals surface area (Å²) in [7, 11) is -2.73. The van der Waals surface area contributed by atoms with Crippen molar-refractivity contribution >= 4 is 28.0 Å². The van der Waals surface area contributed by atoms with Gasteiger partial charge in [0.2, 0.25) is 10.0 Å². The second-order valence-electron chi connectivity index (χ2n) is 9.95. The van der Waals surface area contributed by atoms with Crippen LogP contribution in [0.25, 0.3) is 11.1 Å². The molecule has 1 saturated carbocycles. The lowest BCUT2D eigenvalue weighted by Crippen LogP contribution is -2.32. The van der Waals surface area contributed by atoms with Gasteiger partial charge in [-0.15, -0.1) is 0 Å². The van der Waals surface area contributed by atoms with E-state index in [1.807, 2.05) is 0 Å². The summed E-state index contributed by atoms with van der Waals surface area (Å²) in [5.74, 6) is 0.246. The van der Waals surface area contributed by atoms with Gasteiger partial charge >= 0.3 is 12.2 Å². The Labute approximate surface area is 239 Å². The van der Waals surface area contributed by atoms with Crippen molar-refractivity contribution in [1.82, 2.24) is 10.6 Å². The van der Waals surface area contributed by atoms with E-state index in [1.54, 1.807) is 66.7 Å². The topological polar surface area (TPSA) is 161 Å². The molecule has 3 aromatic rings. The third kappa shape index (κ3) is 7.92. The fourth-order valence-corrected chi connectivity index (χ4v) is 5.73. The molecule has 0 bridgehead atoms. The molecular formula is C30H34N4O6S. The molecule has 1 fully saturated rings. The number of alkyl carbamates (subject to hydrolysis) is 2. The molecule has 0 aromatic heterocycles. The minimum absolute atomic E-state index is 0.00644. The van der Waals surface area contributed by atoms with Gasteiger partial charge in [0.05, 0.1) is 12.0 Å². The molecule has 1 aliphatic rings. The van der Waals surface area contributed by atoms with Crippen LogP contribution in [-0.2, 0) is 19.5 Å². The third-order valence-corrected chi connectivity index (χ3v) is 8.06. The van der Waals surface area contributed by atoms with Gasteiger partial charge < -0.3 is 14.8 Å². The van der Waals surface area contributed by atoms with Crippen LogP contribution < -0.4 is 15.8 Å². The van der Waals surface area contributed by atoms with Crippen molar-refractivity contribution in [2.75, 3.05) is 13.7 Å². The van der Waals surface area contributed by atoms with E-state index >= 15 is 0 Å². The van der Waals surface area contributed by atoms with Gasteiger partial charge in [-0.25, -0.2) is 23.1 Å². The first kappa shape index (κ1) is 29.8. The molecule has 4 rings (SSSR count). The summed E-state index contributed by atoms with van der Waals surface area (Å²) in [4.78, 5) is 24.6. The minimum atomic E-state index is -3.94. The number of hydrogen-bond donors (Lipinski definition) is 4. The largest absolute Gasteiger partial charge is 0.453 e. The predicted molar refractivity (Wildman–Crippen MR) is 155 cm³/mol. The van der Waals surface area contributed by atoms with E-state index in [4.69, 9.17) is 15.3 Å². The molecule has 1 atom stereocenters. The molecule has 1 unspecified atom stereocenters. The fourth-order valence-electron chi connectivity index (χ4n) is 4.97. The Balaban J connectivity index is 1.63. The van der Waals surface area contributed by atoms with Gasteiger partial charge in [0.25, 0.3) is 0 Å². The molecule has 1 aliphatic carbocycles. The second-order valence-corrected chi connectivity index (χ2v) is 11.5. The summed E-state index contributed by atoms with van der Waals surface area (Å²) >= 11 is 0. The van der Waals surface area contributed by atoms with Crippen molar-refractivity contribution in [3.63, 3.8) is 0 Å².